The predicted octanol–water partition coefficient (Wildman–Crippen LogP) is 2.65. The zero-order chi connectivity index (χ0) is 8.10. The SMILES string of the molecule is CC(=S)OCCc1cccs1. The van der Waals surface area contributed by atoms with Crippen molar-refractivity contribution in [3.63, 3.8) is 0 Å². The number of thiophene rings is 1. The molecule has 0 bridgehead atoms. The molecular weight excluding hydrogens is 176 g/mol. The molecule has 0 aliphatic carbocycles. The van der Waals surface area contributed by atoms with Gasteiger partial charge in [0.15, 0.2) is 5.05 Å². The second-order valence-corrected chi connectivity index (χ2v) is 3.78. The normalized spacial score (nSPS) is 9.55. The van der Waals surface area contributed by atoms with Crippen LogP contribution in [0.15, 0.2) is 17.5 Å². The van der Waals surface area contributed by atoms with Crippen molar-refractivity contribution in [2.75, 3.05) is 6.61 Å². The summed E-state index contributed by atoms with van der Waals surface area (Å²) in [6.45, 7) is 2.50. The molecule has 1 aromatic heterocycles. The van der Waals surface area contributed by atoms with E-state index < -0.39 is 0 Å². The van der Waals surface area contributed by atoms with E-state index in [-0.39, 0.29) is 0 Å². The van der Waals surface area contributed by atoms with Gasteiger partial charge in [-0.2, -0.15) is 0 Å². The summed E-state index contributed by atoms with van der Waals surface area (Å²) >= 11 is 6.52. The zero-order valence-corrected chi connectivity index (χ0v) is 8.00. The molecule has 0 spiro atoms. The highest BCUT2D eigenvalue weighted by Gasteiger charge is 1.93. The van der Waals surface area contributed by atoms with Crippen LogP contribution in [-0.2, 0) is 11.2 Å². The average molecular weight is 186 g/mol. The summed E-state index contributed by atoms with van der Waals surface area (Å²) < 4.78 is 5.15. The van der Waals surface area contributed by atoms with E-state index in [4.69, 9.17) is 17.0 Å². The molecule has 0 saturated carbocycles. The lowest BCUT2D eigenvalue weighted by Gasteiger charge is -2.00. The van der Waals surface area contributed by atoms with Crippen molar-refractivity contribution in [3.05, 3.63) is 22.4 Å². The Kier molecular flexibility index (Phi) is 3.52. The van der Waals surface area contributed by atoms with E-state index in [0.717, 1.165) is 6.42 Å². The van der Waals surface area contributed by atoms with Crippen molar-refractivity contribution in [1.82, 2.24) is 0 Å². The maximum atomic E-state index is 5.15. The molecule has 0 aromatic carbocycles. The van der Waals surface area contributed by atoms with Gasteiger partial charge in [-0.3, -0.25) is 0 Å². The number of hydrogen-bond acceptors (Lipinski definition) is 3. The van der Waals surface area contributed by atoms with E-state index in [1.807, 2.05) is 6.07 Å². The average Bonchev–Trinajstić information content (AvgIpc) is 2.39. The first-order valence-corrected chi connectivity index (χ1v) is 4.73. The van der Waals surface area contributed by atoms with Crippen LogP contribution in [0.1, 0.15) is 11.8 Å². The van der Waals surface area contributed by atoms with Crippen LogP contribution in [0.5, 0.6) is 0 Å². The van der Waals surface area contributed by atoms with Crippen molar-refractivity contribution in [1.29, 1.82) is 0 Å². The van der Waals surface area contributed by atoms with E-state index in [1.54, 1.807) is 18.3 Å². The molecule has 1 heterocycles. The fourth-order valence-electron chi connectivity index (χ4n) is 0.750. The molecule has 0 unspecified atom stereocenters. The molecule has 0 atom stereocenters. The Morgan fingerprint density at radius 1 is 1.73 bits per heavy atom. The third-order valence-electron chi connectivity index (χ3n) is 1.23. The van der Waals surface area contributed by atoms with Crippen molar-refractivity contribution >= 4 is 28.6 Å². The van der Waals surface area contributed by atoms with Crippen LogP contribution in [0, 0.1) is 0 Å². The summed E-state index contributed by atoms with van der Waals surface area (Å²) in [4.78, 5) is 1.35. The van der Waals surface area contributed by atoms with Crippen molar-refractivity contribution < 1.29 is 4.74 Å². The van der Waals surface area contributed by atoms with Gasteiger partial charge in [0, 0.05) is 18.2 Å². The Bertz CT molecular complexity index is 216. The Balaban J connectivity index is 2.19. The third-order valence-corrected chi connectivity index (χ3v) is 2.29. The molecule has 0 radical (unpaired) electrons. The molecule has 1 nitrogen and oxygen atoms in total. The fraction of sp³-hybridized carbons (Fsp3) is 0.375. The quantitative estimate of drug-likeness (QED) is 0.671. The highest BCUT2D eigenvalue weighted by atomic mass is 32.1. The van der Waals surface area contributed by atoms with Gasteiger partial charge in [-0.05, 0) is 23.7 Å². The number of rotatable bonds is 3. The van der Waals surface area contributed by atoms with E-state index in [9.17, 15) is 0 Å². The van der Waals surface area contributed by atoms with Crippen molar-refractivity contribution in [3.8, 4) is 0 Å². The summed E-state index contributed by atoms with van der Waals surface area (Å²) in [5, 5.41) is 2.70. The monoisotopic (exact) mass is 186 g/mol. The molecule has 0 amide bonds. The fourth-order valence-corrected chi connectivity index (χ4v) is 1.52. The second-order valence-electron chi connectivity index (χ2n) is 2.17. The van der Waals surface area contributed by atoms with Gasteiger partial charge in [0.2, 0.25) is 0 Å². The molecule has 1 rings (SSSR count). The van der Waals surface area contributed by atoms with Crippen LogP contribution >= 0.6 is 23.6 Å². The van der Waals surface area contributed by atoms with Gasteiger partial charge in [0.25, 0.3) is 0 Å². The molecule has 3 heteroatoms. The van der Waals surface area contributed by atoms with Crippen LogP contribution < -0.4 is 0 Å². The van der Waals surface area contributed by atoms with Crippen molar-refractivity contribution in [2.24, 2.45) is 0 Å². The minimum Gasteiger partial charge on any atom is -0.487 e. The smallest absolute Gasteiger partial charge is 0.156 e. The summed E-state index contributed by atoms with van der Waals surface area (Å²) in [6, 6.07) is 4.15. The minimum atomic E-state index is 0.626. The molecule has 0 N–H and O–H groups in total. The highest BCUT2D eigenvalue weighted by molar-refractivity contribution is 7.80. The molecular formula is C8H10OS2. The van der Waals surface area contributed by atoms with E-state index >= 15 is 0 Å². The Morgan fingerprint density at radius 2 is 2.55 bits per heavy atom. The van der Waals surface area contributed by atoms with Gasteiger partial charge in [-0.25, -0.2) is 0 Å². The van der Waals surface area contributed by atoms with Gasteiger partial charge in [-0.1, -0.05) is 6.07 Å². The topological polar surface area (TPSA) is 9.23 Å². The van der Waals surface area contributed by atoms with E-state index in [1.165, 1.54) is 4.88 Å². The van der Waals surface area contributed by atoms with Crippen LogP contribution in [0.2, 0.25) is 0 Å². The van der Waals surface area contributed by atoms with Gasteiger partial charge in [-0.15, -0.1) is 11.3 Å². The standard InChI is InChI=1S/C8H10OS2/c1-7(10)9-5-4-8-3-2-6-11-8/h2-3,6H,4-5H2,1H3. The highest BCUT2D eigenvalue weighted by Crippen LogP contribution is 2.08. The van der Waals surface area contributed by atoms with Gasteiger partial charge >= 0.3 is 0 Å². The maximum absolute atomic E-state index is 5.15. The maximum Gasteiger partial charge on any atom is 0.156 e. The summed E-state index contributed by atoms with van der Waals surface area (Å²) in [5.41, 5.74) is 0. The summed E-state index contributed by atoms with van der Waals surface area (Å²) in [5.74, 6) is 0. The van der Waals surface area contributed by atoms with Crippen LogP contribution in [-0.4, -0.2) is 11.7 Å². The molecule has 60 valence electrons. The molecule has 0 aliphatic heterocycles. The predicted molar refractivity (Wildman–Crippen MR) is 52.2 cm³/mol. The summed E-state index contributed by atoms with van der Waals surface area (Å²) in [6.07, 6.45) is 0.964. The third kappa shape index (κ3) is 3.49. The zero-order valence-electron chi connectivity index (χ0n) is 6.37. The molecule has 1 aromatic rings. The van der Waals surface area contributed by atoms with E-state index in [2.05, 4.69) is 11.4 Å². The number of thiocarbonyl (C=S) groups is 1. The van der Waals surface area contributed by atoms with Crippen LogP contribution in [0.4, 0.5) is 0 Å². The Labute approximate surface area is 76.0 Å². The lowest BCUT2D eigenvalue weighted by atomic mass is 10.4. The van der Waals surface area contributed by atoms with Gasteiger partial charge < -0.3 is 4.74 Å². The Morgan fingerprint density at radius 3 is 3.09 bits per heavy atom. The van der Waals surface area contributed by atoms with Gasteiger partial charge in [0.05, 0.1) is 6.61 Å². The lowest BCUT2D eigenvalue weighted by Crippen LogP contribution is -2.00. The summed E-state index contributed by atoms with van der Waals surface area (Å²) in [7, 11) is 0. The van der Waals surface area contributed by atoms with Crippen molar-refractivity contribution in [2.45, 2.75) is 13.3 Å². The number of hydrogen-bond donors (Lipinski definition) is 0. The molecule has 0 fully saturated rings. The van der Waals surface area contributed by atoms with Crippen LogP contribution in [0.3, 0.4) is 0 Å². The lowest BCUT2D eigenvalue weighted by molar-refractivity contribution is 0.316. The molecule has 0 saturated heterocycles. The second kappa shape index (κ2) is 4.46. The van der Waals surface area contributed by atoms with Gasteiger partial charge in [0.1, 0.15) is 0 Å². The largest absolute Gasteiger partial charge is 0.487 e. The number of ether oxygens (including phenoxy) is 1. The first-order chi connectivity index (χ1) is 5.29. The van der Waals surface area contributed by atoms with E-state index in [0.29, 0.717) is 11.7 Å². The molecule has 0 aliphatic rings. The van der Waals surface area contributed by atoms with Crippen LogP contribution in [0.25, 0.3) is 0 Å². The first-order valence-electron chi connectivity index (χ1n) is 3.45. The minimum absolute atomic E-state index is 0.626. The first kappa shape index (κ1) is 8.68. The Hall–Kier alpha value is -0.410. The molecule has 11 heavy (non-hydrogen) atoms.